The van der Waals surface area contributed by atoms with E-state index in [1.54, 1.807) is 12.1 Å². The first-order chi connectivity index (χ1) is 11.6. The largest absolute Gasteiger partial charge is 0.508 e. The Morgan fingerprint density at radius 3 is 1.75 bits per heavy atom. The van der Waals surface area contributed by atoms with Crippen molar-refractivity contribution in [2.45, 2.75) is 15.7 Å². The molecule has 3 aromatic rings. The molecule has 0 bridgehead atoms. The van der Waals surface area contributed by atoms with Crippen molar-refractivity contribution in [2.75, 3.05) is 0 Å². The van der Waals surface area contributed by atoms with Gasteiger partial charge in [-0.2, -0.15) is 0 Å². The van der Waals surface area contributed by atoms with Crippen LogP contribution in [0.5, 0.6) is 5.75 Å². The molecule has 3 aromatic carbocycles. The van der Waals surface area contributed by atoms with Gasteiger partial charge < -0.3 is 5.11 Å². The van der Waals surface area contributed by atoms with E-state index in [4.69, 9.17) is 23.2 Å². The standard InChI is InChI=1S/C21H16Cl2O/c22-21(23)19(15-7-3-1-4-8-15)20(21,16-9-5-2-6-10-16)17-11-13-18(24)14-12-17/h1-14,19,24H/t19-,20-/m0/s1. The summed E-state index contributed by atoms with van der Waals surface area (Å²) in [6.45, 7) is 0. The molecule has 120 valence electrons. The van der Waals surface area contributed by atoms with Crippen LogP contribution in [0.1, 0.15) is 22.6 Å². The van der Waals surface area contributed by atoms with Gasteiger partial charge in [-0.05, 0) is 28.8 Å². The van der Waals surface area contributed by atoms with Gasteiger partial charge in [0.05, 0.1) is 5.41 Å². The molecule has 0 saturated heterocycles. The molecule has 1 nitrogen and oxygen atoms in total. The van der Waals surface area contributed by atoms with Crippen molar-refractivity contribution < 1.29 is 5.11 Å². The van der Waals surface area contributed by atoms with Gasteiger partial charge in [0.2, 0.25) is 0 Å². The number of phenols is 1. The van der Waals surface area contributed by atoms with Gasteiger partial charge in [-0.15, -0.1) is 0 Å². The Morgan fingerprint density at radius 2 is 1.17 bits per heavy atom. The average molecular weight is 355 g/mol. The van der Waals surface area contributed by atoms with Gasteiger partial charge in [-0.25, -0.2) is 0 Å². The molecule has 0 amide bonds. The van der Waals surface area contributed by atoms with E-state index < -0.39 is 9.75 Å². The Hall–Kier alpha value is -1.96. The second-order valence-corrected chi connectivity index (χ2v) is 7.57. The number of phenolic OH excluding ortho intramolecular Hbond substituents is 1. The highest BCUT2D eigenvalue weighted by Gasteiger charge is 2.77. The molecule has 1 aliphatic carbocycles. The number of hydrogen-bond acceptors (Lipinski definition) is 1. The Bertz CT molecular complexity index is 844. The van der Waals surface area contributed by atoms with Crippen molar-refractivity contribution in [3.8, 4) is 5.75 Å². The molecule has 0 spiro atoms. The van der Waals surface area contributed by atoms with E-state index >= 15 is 0 Å². The zero-order chi connectivity index (χ0) is 16.8. The highest BCUT2D eigenvalue weighted by molar-refractivity contribution is 6.53. The van der Waals surface area contributed by atoms with Crippen LogP contribution in [0.2, 0.25) is 0 Å². The zero-order valence-corrected chi connectivity index (χ0v) is 14.4. The van der Waals surface area contributed by atoms with E-state index in [9.17, 15) is 5.11 Å². The fourth-order valence-corrected chi connectivity index (χ4v) is 4.94. The summed E-state index contributed by atoms with van der Waals surface area (Å²) >= 11 is 13.8. The van der Waals surface area contributed by atoms with Crippen LogP contribution < -0.4 is 0 Å². The molecule has 24 heavy (non-hydrogen) atoms. The molecular weight excluding hydrogens is 339 g/mol. The molecule has 1 saturated carbocycles. The third kappa shape index (κ3) is 2.08. The van der Waals surface area contributed by atoms with Crippen LogP contribution in [-0.4, -0.2) is 9.44 Å². The van der Waals surface area contributed by atoms with E-state index in [1.807, 2.05) is 48.5 Å². The van der Waals surface area contributed by atoms with Crippen molar-refractivity contribution in [1.82, 2.24) is 0 Å². The lowest BCUT2D eigenvalue weighted by atomic mass is 9.84. The number of halogens is 2. The molecule has 0 heterocycles. The van der Waals surface area contributed by atoms with Gasteiger partial charge in [-0.3, -0.25) is 0 Å². The summed E-state index contributed by atoms with van der Waals surface area (Å²) in [6.07, 6.45) is 0. The van der Waals surface area contributed by atoms with Gasteiger partial charge >= 0.3 is 0 Å². The van der Waals surface area contributed by atoms with Crippen LogP contribution in [0.3, 0.4) is 0 Å². The smallest absolute Gasteiger partial charge is 0.140 e. The minimum absolute atomic E-state index is 0.0542. The molecule has 0 unspecified atom stereocenters. The quantitative estimate of drug-likeness (QED) is 0.602. The molecule has 1 aliphatic rings. The number of hydrogen-bond donors (Lipinski definition) is 1. The summed E-state index contributed by atoms with van der Waals surface area (Å²) in [7, 11) is 0. The first kappa shape index (κ1) is 15.6. The van der Waals surface area contributed by atoms with Gasteiger partial charge in [0, 0.05) is 5.92 Å². The van der Waals surface area contributed by atoms with Crippen LogP contribution >= 0.6 is 23.2 Å². The van der Waals surface area contributed by atoms with Crippen LogP contribution in [0, 0.1) is 0 Å². The number of alkyl halides is 2. The lowest BCUT2D eigenvalue weighted by molar-refractivity contribution is 0.475. The van der Waals surface area contributed by atoms with Crippen LogP contribution in [0.4, 0.5) is 0 Å². The lowest BCUT2D eigenvalue weighted by Gasteiger charge is -2.20. The maximum atomic E-state index is 9.66. The fraction of sp³-hybridized carbons (Fsp3) is 0.143. The molecule has 3 heteroatoms. The Labute approximate surface area is 151 Å². The van der Waals surface area contributed by atoms with Crippen molar-refractivity contribution in [2.24, 2.45) is 0 Å². The van der Waals surface area contributed by atoms with Crippen molar-refractivity contribution in [3.63, 3.8) is 0 Å². The van der Waals surface area contributed by atoms with Gasteiger partial charge in [0.15, 0.2) is 0 Å². The molecule has 1 N–H and O–H groups in total. The normalized spacial score (nSPS) is 24.5. The third-order valence-corrected chi connectivity index (χ3v) is 5.96. The summed E-state index contributed by atoms with van der Waals surface area (Å²) in [5.41, 5.74) is 2.66. The molecule has 1 fully saturated rings. The molecule has 0 radical (unpaired) electrons. The van der Waals surface area contributed by atoms with E-state index in [0.29, 0.717) is 0 Å². The van der Waals surface area contributed by atoms with Crippen molar-refractivity contribution in [1.29, 1.82) is 0 Å². The maximum absolute atomic E-state index is 9.66. The summed E-state index contributed by atoms with van der Waals surface area (Å²) in [4.78, 5) is 0. The summed E-state index contributed by atoms with van der Waals surface area (Å²) in [6, 6.07) is 27.4. The maximum Gasteiger partial charge on any atom is 0.140 e. The topological polar surface area (TPSA) is 20.2 Å². The number of rotatable bonds is 3. The number of aromatic hydroxyl groups is 1. The van der Waals surface area contributed by atoms with E-state index in [0.717, 1.165) is 16.7 Å². The van der Waals surface area contributed by atoms with Gasteiger partial charge in [-0.1, -0.05) is 96.0 Å². The molecule has 4 rings (SSSR count). The second kappa shape index (κ2) is 5.54. The average Bonchev–Trinajstić information content (AvgIpc) is 3.14. The molecule has 2 atom stereocenters. The van der Waals surface area contributed by atoms with Crippen molar-refractivity contribution in [3.05, 3.63) is 102 Å². The molecule has 0 aromatic heterocycles. The van der Waals surface area contributed by atoms with Crippen LogP contribution in [-0.2, 0) is 5.41 Å². The van der Waals surface area contributed by atoms with E-state index in [-0.39, 0.29) is 11.7 Å². The lowest BCUT2D eigenvalue weighted by Crippen LogP contribution is -2.17. The predicted molar refractivity (Wildman–Crippen MR) is 98.9 cm³/mol. The molecular formula is C21H16Cl2O. The van der Waals surface area contributed by atoms with Crippen LogP contribution in [0.15, 0.2) is 84.9 Å². The highest BCUT2D eigenvalue weighted by atomic mass is 35.5. The van der Waals surface area contributed by atoms with Gasteiger partial charge in [0.25, 0.3) is 0 Å². The van der Waals surface area contributed by atoms with E-state index in [2.05, 4.69) is 24.3 Å². The minimum atomic E-state index is -0.952. The summed E-state index contributed by atoms with van der Waals surface area (Å²) in [5.74, 6) is 0.176. The number of benzene rings is 3. The highest BCUT2D eigenvalue weighted by Crippen LogP contribution is 2.77. The molecule has 0 aliphatic heterocycles. The predicted octanol–water partition coefficient (Wildman–Crippen LogP) is 5.65. The summed E-state index contributed by atoms with van der Waals surface area (Å²) in [5, 5.41) is 9.66. The van der Waals surface area contributed by atoms with E-state index in [1.165, 1.54) is 0 Å². The Morgan fingerprint density at radius 1 is 0.667 bits per heavy atom. The summed E-state index contributed by atoms with van der Waals surface area (Å²) < 4.78 is -0.952. The minimum Gasteiger partial charge on any atom is -0.508 e. The SMILES string of the molecule is Oc1ccc([C@@]2(c3ccccc3)[C@H](c3ccccc3)C2(Cl)Cl)cc1. The zero-order valence-electron chi connectivity index (χ0n) is 12.9. The van der Waals surface area contributed by atoms with Gasteiger partial charge in [0.1, 0.15) is 10.1 Å². The first-order valence-electron chi connectivity index (χ1n) is 7.86. The van der Waals surface area contributed by atoms with Crippen molar-refractivity contribution >= 4 is 23.2 Å². The first-order valence-corrected chi connectivity index (χ1v) is 8.62. The monoisotopic (exact) mass is 354 g/mol. The fourth-order valence-electron chi connectivity index (χ4n) is 3.82. The second-order valence-electron chi connectivity index (χ2n) is 6.19. The Balaban J connectivity index is 1.95. The third-order valence-electron chi connectivity index (χ3n) is 4.92. The van der Waals surface area contributed by atoms with Crippen LogP contribution in [0.25, 0.3) is 0 Å². The Kier molecular flexibility index (Phi) is 3.59.